The number of hydrogen-bond donors (Lipinski definition) is 0. The number of para-hydroxylation sites is 1. The summed E-state index contributed by atoms with van der Waals surface area (Å²) in [5, 5.41) is 0. The molecular weight excluding hydrogens is 344 g/mol. The van der Waals surface area contributed by atoms with Gasteiger partial charge in [0, 0.05) is 38.9 Å². The Hall–Kier alpha value is -2.34. The molecule has 0 spiro atoms. The van der Waals surface area contributed by atoms with Crippen LogP contribution in [0, 0.1) is 5.92 Å². The van der Waals surface area contributed by atoms with E-state index in [2.05, 4.69) is 11.8 Å². The molecular formula is C21H28N2O4. The summed E-state index contributed by atoms with van der Waals surface area (Å²) in [5.41, 5.74) is 1.67. The minimum absolute atomic E-state index is 0.203. The van der Waals surface area contributed by atoms with Crippen LogP contribution in [0.4, 0.5) is 0 Å². The highest BCUT2D eigenvalue weighted by Crippen LogP contribution is 2.37. The fourth-order valence-corrected chi connectivity index (χ4v) is 3.91. The Morgan fingerprint density at radius 3 is 2.63 bits per heavy atom. The van der Waals surface area contributed by atoms with Crippen LogP contribution in [0.3, 0.4) is 0 Å². The zero-order valence-electron chi connectivity index (χ0n) is 16.4. The summed E-state index contributed by atoms with van der Waals surface area (Å²) < 4.78 is 10.6. The maximum atomic E-state index is 13.2. The molecule has 2 heterocycles. The minimum atomic E-state index is -0.242. The molecule has 0 saturated carbocycles. The molecule has 1 atom stereocenters. The molecule has 0 aromatic heterocycles. The predicted octanol–water partition coefficient (Wildman–Crippen LogP) is 2.54. The highest BCUT2D eigenvalue weighted by Gasteiger charge is 2.42. The zero-order valence-corrected chi connectivity index (χ0v) is 16.4. The fraction of sp³-hybridized carbons (Fsp3) is 0.524. The molecule has 2 aliphatic heterocycles. The van der Waals surface area contributed by atoms with E-state index in [-0.39, 0.29) is 11.8 Å². The third-order valence-electron chi connectivity index (χ3n) is 5.22. The molecule has 1 fully saturated rings. The van der Waals surface area contributed by atoms with Crippen LogP contribution in [-0.4, -0.2) is 62.1 Å². The van der Waals surface area contributed by atoms with Crippen molar-refractivity contribution in [2.45, 2.75) is 26.2 Å². The maximum Gasteiger partial charge on any atom is 0.277 e. The van der Waals surface area contributed by atoms with Crippen LogP contribution in [0.25, 0.3) is 5.57 Å². The standard InChI is InChI=1S/C21H28N2O4/c1-15-8-6-11-22(14-15)19-18(16-9-4-5-10-17(16)27-3)20(24)23(21(19)25)12-7-13-26-2/h4-5,9-10,15H,6-8,11-14H2,1-3H3. The van der Waals surface area contributed by atoms with Crippen LogP contribution in [0.15, 0.2) is 30.0 Å². The number of hydrogen-bond acceptors (Lipinski definition) is 5. The molecule has 3 rings (SSSR count). The van der Waals surface area contributed by atoms with Crippen LogP contribution in [0.2, 0.25) is 0 Å². The highest BCUT2D eigenvalue weighted by atomic mass is 16.5. The largest absolute Gasteiger partial charge is 0.496 e. The lowest BCUT2D eigenvalue weighted by atomic mass is 9.97. The predicted molar refractivity (Wildman–Crippen MR) is 103 cm³/mol. The Balaban J connectivity index is 2.03. The number of methoxy groups -OCH3 is 2. The Morgan fingerprint density at radius 2 is 1.93 bits per heavy atom. The first kappa shape index (κ1) is 19.4. The first-order valence-electron chi connectivity index (χ1n) is 9.56. The lowest BCUT2D eigenvalue weighted by Crippen LogP contribution is -2.39. The van der Waals surface area contributed by atoms with Crippen molar-refractivity contribution in [1.29, 1.82) is 0 Å². The number of nitrogens with zero attached hydrogens (tertiary/aromatic N) is 2. The average molecular weight is 372 g/mol. The van der Waals surface area contributed by atoms with E-state index in [1.807, 2.05) is 24.3 Å². The molecule has 6 heteroatoms. The van der Waals surface area contributed by atoms with Crippen molar-refractivity contribution in [3.05, 3.63) is 35.5 Å². The number of imide groups is 1. The van der Waals surface area contributed by atoms with Crippen molar-refractivity contribution in [3.63, 3.8) is 0 Å². The first-order chi connectivity index (χ1) is 13.1. The Bertz CT molecular complexity index is 743. The fourth-order valence-electron chi connectivity index (χ4n) is 3.91. The molecule has 0 aliphatic carbocycles. The molecule has 2 aliphatic rings. The van der Waals surface area contributed by atoms with Gasteiger partial charge in [0.05, 0.1) is 12.7 Å². The van der Waals surface area contributed by atoms with E-state index in [1.165, 1.54) is 4.90 Å². The number of piperidine rings is 1. The lowest BCUT2D eigenvalue weighted by Gasteiger charge is -2.33. The molecule has 1 aromatic rings. The normalized spacial score (nSPS) is 20.6. The van der Waals surface area contributed by atoms with Gasteiger partial charge in [-0.2, -0.15) is 0 Å². The van der Waals surface area contributed by atoms with Gasteiger partial charge >= 0.3 is 0 Å². The molecule has 0 bridgehead atoms. The van der Waals surface area contributed by atoms with Crippen molar-refractivity contribution in [2.24, 2.45) is 5.92 Å². The zero-order chi connectivity index (χ0) is 19.4. The summed E-state index contributed by atoms with van der Waals surface area (Å²) in [6.07, 6.45) is 2.79. The van der Waals surface area contributed by atoms with Crippen LogP contribution in [0.1, 0.15) is 31.7 Å². The Kier molecular flexibility index (Phi) is 6.16. The summed E-state index contributed by atoms with van der Waals surface area (Å²) in [7, 11) is 3.20. The number of carbonyl (C=O) groups is 2. The van der Waals surface area contributed by atoms with Gasteiger partial charge in [0.15, 0.2) is 0 Å². The van der Waals surface area contributed by atoms with Crippen molar-refractivity contribution in [3.8, 4) is 5.75 Å². The van der Waals surface area contributed by atoms with Crippen LogP contribution >= 0.6 is 0 Å². The maximum absolute atomic E-state index is 13.2. The molecule has 0 radical (unpaired) electrons. The molecule has 27 heavy (non-hydrogen) atoms. The van der Waals surface area contributed by atoms with Crippen LogP contribution < -0.4 is 4.74 Å². The van der Waals surface area contributed by atoms with E-state index >= 15 is 0 Å². The van der Waals surface area contributed by atoms with E-state index in [9.17, 15) is 9.59 Å². The smallest absolute Gasteiger partial charge is 0.277 e. The number of amides is 2. The van der Waals surface area contributed by atoms with Crippen LogP contribution in [-0.2, 0) is 14.3 Å². The number of likely N-dealkylation sites (tertiary alicyclic amines) is 1. The highest BCUT2D eigenvalue weighted by molar-refractivity contribution is 6.36. The minimum Gasteiger partial charge on any atom is -0.496 e. The van der Waals surface area contributed by atoms with E-state index < -0.39 is 0 Å². The lowest BCUT2D eigenvalue weighted by molar-refractivity contribution is -0.137. The van der Waals surface area contributed by atoms with Gasteiger partial charge in [-0.3, -0.25) is 14.5 Å². The Labute approximate surface area is 160 Å². The van der Waals surface area contributed by atoms with E-state index in [4.69, 9.17) is 9.47 Å². The molecule has 1 saturated heterocycles. The number of benzene rings is 1. The second-order valence-corrected chi connectivity index (χ2v) is 7.23. The molecule has 146 valence electrons. The van der Waals surface area contributed by atoms with Gasteiger partial charge < -0.3 is 14.4 Å². The summed E-state index contributed by atoms with van der Waals surface area (Å²) in [5.74, 6) is 0.658. The van der Waals surface area contributed by atoms with Crippen molar-refractivity contribution >= 4 is 17.4 Å². The van der Waals surface area contributed by atoms with Crippen molar-refractivity contribution in [2.75, 3.05) is 40.5 Å². The molecule has 1 unspecified atom stereocenters. The average Bonchev–Trinajstić information content (AvgIpc) is 2.92. The molecule has 0 N–H and O–H groups in total. The second kappa shape index (κ2) is 8.57. The summed E-state index contributed by atoms with van der Waals surface area (Å²) in [6, 6.07) is 7.41. The van der Waals surface area contributed by atoms with Crippen molar-refractivity contribution < 1.29 is 19.1 Å². The van der Waals surface area contributed by atoms with Gasteiger partial charge in [-0.25, -0.2) is 0 Å². The van der Waals surface area contributed by atoms with E-state index in [0.717, 1.165) is 25.9 Å². The first-order valence-corrected chi connectivity index (χ1v) is 9.56. The molecule has 6 nitrogen and oxygen atoms in total. The van der Waals surface area contributed by atoms with Gasteiger partial charge in [0.2, 0.25) is 0 Å². The van der Waals surface area contributed by atoms with Gasteiger partial charge in [-0.15, -0.1) is 0 Å². The van der Waals surface area contributed by atoms with Crippen molar-refractivity contribution in [1.82, 2.24) is 9.80 Å². The number of ether oxygens (including phenoxy) is 2. The van der Waals surface area contributed by atoms with E-state index in [1.54, 1.807) is 14.2 Å². The summed E-state index contributed by atoms with van der Waals surface area (Å²) in [6.45, 7) is 4.64. The monoisotopic (exact) mass is 372 g/mol. The van der Waals surface area contributed by atoms with Gasteiger partial charge in [-0.05, 0) is 31.2 Å². The van der Waals surface area contributed by atoms with Gasteiger partial charge in [0.1, 0.15) is 11.4 Å². The van der Waals surface area contributed by atoms with Gasteiger partial charge in [-0.1, -0.05) is 25.1 Å². The quantitative estimate of drug-likeness (QED) is 0.544. The summed E-state index contributed by atoms with van der Waals surface area (Å²) >= 11 is 0. The second-order valence-electron chi connectivity index (χ2n) is 7.23. The third-order valence-corrected chi connectivity index (χ3v) is 5.22. The number of carbonyl (C=O) groups excluding carboxylic acids is 2. The molecule has 2 amide bonds. The number of rotatable bonds is 7. The summed E-state index contributed by atoms with van der Waals surface area (Å²) in [4.78, 5) is 29.9. The third kappa shape index (κ3) is 3.86. The SMILES string of the molecule is COCCCN1C(=O)C(c2ccccc2OC)=C(N2CCCC(C)C2)C1=O. The van der Waals surface area contributed by atoms with Gasteiger partial charge in [0.25, 0.3) is 11.8 Å². The van der Waals surface area contributed by atoms with E-state index in [0.29, 0.717) is 48.1 Å². The van der Waals surface area contributed by atoms with Crippen LogP contribution in [0.5, 0.6) is 5.75 Å². The Morgan fingerprint density at radius 1 is 1.15 bits per heavy atom. The topological polar surface area (TPSA) is 59.1 Å². The molecule has 1 aromatic carbocycles.